The summed E-state index contributed by atoms with van der Waals surface area (Å²) in [5, 5.41) is 0. The van der Waals surface area contributed by atoms with Gasteiger partial charge in [-0.25, -0.2) is 4.39 Å². The molecule has 4 heteroatoms. The van der Waals surface area contributed by atoms with Crippen LogP contribution in [0.4, 0.5) is 4.39 Å². The Morgan fingerprint density at radius 1 is 1.16 bits per heavy atom. The lowest BCUT2D eigenvalue weighted by molar-refractivity contribution is -0.154. The quantitative estimate of drug-likeness (QED) is 0.772. The van der Waals surface area contributed by atoms with Gasteiger partial charge in [-0.3, -0.25) is 9.69 Å². The van der Waals surface area contributed by atoms with E-state index in [2.05, 4.69) is 17.0 Å². The Labute approximate surface area is 148 Å². The van der Waals surface area contributed by atoms with E-state index < -0.39 is 5.41 Å². The van der Waals surface area contributed by atoms with Crippen molar-refractivity contribution in [2.24, 2.45) is 0 Å². The maximum Gasteiger partial charge on any atom is 0.316 e. The second kappa shape index (κ2) is 7.36. The van der Waals surface area contributed by atoms with Crippen LogP contribution in [0.2, 0.25) is 0 Å². The number of ether oxygens (including phenoxy) is 1. The molecule has 1 aliphatic heterocycles. The monoisotopic (exact) mass is 341 g/mol. The molecule has 0 radical (unpaired) electrons. The van der Waals surface area contributed by atoms with Crippen molar-refractivity contribution in [2.75, 3.05) is 13.1 Å². The second-order valence-corrected chi connectivity index (χ2v) is 7.17. The van der Waals surface area contributed by atoms with E-state index in [1.807, 2.05) is 32.0 Å². The van der Waals surface area contributed by atoms with Crippen LogP contribution in [0.15, 0.2) is 54.6 Å². The smallest absolute Gasteiger partial charge is 0.316 e. The second-order valence-electron chi connectivity index (χ2n) is 7.17. The molecule has 3 rings (SSSR count). The molecule has 1 saturated heterocycles. The lowest BCUT2D eigenvalue weighted by Crippen LogP contribution is -2.35. The maximum atomic E-state index is 13.1. The summed E-state index contributed by atoms with van der Waals surface area (Å²) in [6.07, 6.45) is 0.758. The molecule has 0 aromatic heterocycles. The highest BCUT2D eigenvalue weighted by molar-refractivity contribution is 5.82. The number of likely N-dealkylation sites (tertiary alicyclic amines) is 1. The number of hydrogen-bond donors (Lipinski definition) is 0. The van der Waals surface area contributed by atoms with Crippen LogP contribution in [0.3, 0.4) is 0 Å². The van der Waals surface area contributed by atoms with Crippen LogP contribution in [0.5, 0.6) is 0 Å². The van der Waals surface area contributed by atoms with Crippen molar-refractivity contribution >= 4 is 5.97 Å². The molecule has 0 aliphatic carbocycles. The molecule has 0 unspecified atom stereocenters. The fourth-order valence-electron chi connectivity index (χ4n) is 3.16. The molecule has 3 nitrogen and oxygen atoms in total. The number of nitrogens with zero attached hydrogens (tertiary/aromatic N) is 1. The molecule has 0 spiro atoms. The van der Waals surface area contributed by atoms with E-state index in [-0.39, 0.29) is 17.9 Å². The third-order valence-corrected chi connectivity index (χ3v) is 4.83. The molecular formula is C21H24FNO2. The molecule has 0 amide bonds. The largest absolute Gasteiger partial charge is 0.460 e. The molecule has 1 aliphatic rings. The van der Waals surface area contributed by atoms with Gasteiger partial charge in [0.15, 0.2) is 0 Å². The predicted octanol–water partition coefficient (Wildman–Crippen LogP) is 3.92. The first-order valence-corrected chi connectivity index (χ1v) is 8.68. The molecule has 0 saturated carbocycles. The van der Waals surface area contributed by atoms with Crippen LogP contribution in [0, 0.1) is 5.82 Å². The minimum atomic E-state index is -0.791. The van der Waals surface area contributed by atoms with Crippen molar-refractivity contribution in [3.05, 3.63) is 71.5 Å². The molecule has 132 valence electrons. The van der Waals surface area contributed by atoms with E-state index in [0.29, 0.717) is 0 Å². The zero-order valence-corrected chi connectivity index (χ0v) is 14.7. The van der Waals surface area contributed by atoms with E-state index in [9.17, 15) is 9.18 Å². The zero-order chi connectivity index (χ0) is 17.9. The Morgan fingerprint density at radius 3 is 2.52 bits per heavy atom. The van der Waals surface area contributed by atoms with Gasteiger partial charge in [-0.1, -0.05) is 42.5 Å². The predicted molar refractivity (Wildman–Crippen MR) is 95.6 cm³/mol. The first-order valence-electron chi connectivity index (χ1n) is 8.68. The van der Waals surface area contributed by atoms with Gasteiger partial charge in [0.25, 0.3) is 0 Å². The van der Waals surface area contributed by atoms with Gasteiger partial charge in [-0.15, -0.1) is 0 Å². The lowest BCUT2D eigenvalue weighted by Gasteiger charge is -2.25. The number of esters is 1. The molecule has 0 bridgehead atoms. The van der Waals surface area contributed by atoms with Crippen molar-refractivity contribution < 1.29 is 13.9 Å². The number of carbonyl (C=O) groups is 1. The van der Waals surface area contributed by atoms with E-state index in [1.54, 1.807) is 12.1 Å². The van der Waals surface area contributed by atoms with Crippen LogP contribution < -0.4 is 0 Å². The summed E-state index contributed by atoms with van der Waals surface area (Å²) in [6.45, 7) is 6.18. The van der Waals surface area contributed by atoms with Gasteiger partial charge in [0.05, 0.1) is 5.41 Å². The summed E-state index contributed by atoms with van der Waals surface area (Å²) in [5.41, 5.74) is 1.24. The summed E-state index contributed by atoms with van der Waals surface area (Å²) in [4.78, 5) is 14.9. The minimum Gasteiger partial charge on any atom is -0.460 e. The molecular weight excluding hydrogens is 317 g/mol. The van der Waals surface area contributed by atoms with Gasteiger partial charge >= 0.3 is 5.97 Å². The number of rotatable bonds is 5. The third kappa shape index (κ3) is 4.26. The van der Waals surface area contributed by atoms with Crippen molar-refractivity contribution in [3.63, 3.8) is 0 Å². The fourth-order valence-corrected chi connectivity index (χ4v) is 3.16. The number of benzene rings is 2. The van der Waals surface area contributed by atoms with Crippen LogP contribution >= 0.6 is 0 Å². The van der Waals surface area contributed by atoms with Gasteiger partial charge in [-0.2, -0.15) is 0 Å². The third-order valence-electron chi connectivity index (χ3n) is 4.83. The van der Waals surface area contributed by atoms with Gasteiger partial charge in [0.1, 0.15) is 11.9 Å². The summed E-state index contributed by atoms with van der Waals surface area (Å²) >= 11 is 0. The van der Waals surface area contributed by atoms with Gasteiger partial charge in [0.2, 0.25) is 0 Å². The standard InChI is InChI=1S/C21H24FNO2/c1-21(2,17-8-10-18(22)11-9-17)20(24)25-19-12-13-23(15-19)14-16-6-4-3-5-7-16/h3-11,19H,12-15H2,1-2H3/t19-/m1/s1. The Hall–Kier alpha value is -2.20. The minimum absolute atomic E-state index is 0.0871. The topological polar surface area (TPSA) is 29.5 Å². The normalized spacial score (nSPS) is 18.3. The van der Waals surface area contributed by atoms with Crippen LogP contribution in [-0.4, -0.2) is 30.1 Å². The van der Waals surface area contributed by atoms with E-state index in [4.69, 9.17) is 4.74 Å². The van der Waals surface area contributed by atoms with Crippen molar-refractivity contribution in [1.29, 1.82) is 0 Å². The van der Waals surface area contributed by atoms with Crippen LogP contribution in [-0.2, 0) is 21.5 Å². The average molecular weight is 341 g/mol. The average Bonchev–Trinajstić information content (AvgIpc) is 3.03. The summed E-state index contributed by atoms with van der Waals surface area (Å²) in [7, 11) is 0. The highest BCUT2D eigenvalue weighted by atomic mass is 19.1. The zero-order valence-electron chi connectivity index (χ0n) is 14.7. The SMILES string of the molecule is CC(C)(C(=O)O[C@@H]1CCN(Cc2ccccc2)C1)c1ccc(F)cc1. The van der Waals surface area contributed by atoms with Crippen molar-refractivity contribution in [1.82, 2.24) is 4.90 Å². The van der Waals surface area contributed by atoms with E-state index in [1.165, 1.54) is 17.7 Å². The van der Waals surface area contributed by atoms with Crippen molar-refractivity contribution in [2.45, 2.75) is 38.3 Å². The van der Waals surface area contributed by atoms with Crippen LogP contribution in [0.1, 0.15) is 31.4 Å². The summed E-state index contributed by atoms with van der Waals surface area (Å²) in [6, 6.07) is 16.3. The molecule has 1 atom stereocenters. The number of carbonyl (C=O) groups excluding carboxylic acids is 1. The number of halogens is 1. The summed E-state index contributed by atoms with van der Waals surface area (Å²) in [5.74, 6) is -0.564. The van der Waals surface area contributed by atoms with E-state index in [0.717, 1.165) is 31.6 Å². The van der Waals surface area contributed by atoms with Crippen molar-refractivity contribution in [3.8, 4) is 0 Å². The first kappa shape index (κ1) is 17.6. The lowest BCUT2D eigenvalue weighted by atomic mass is 9.85. The molecule has 0 N–H and O–H groups in total. The Balaban J connectivity index is 1.57. The highest BCUT2D eigenvalue weighted by Gasteiger charge is 2.35. The Kier molecular flexibility index (Phi) is 5.19. The Bertz CT molecular complexity index is 712. The Morgan fingerprint density at radius 2 is 1.84 bits per heavy atom. The molecule has 1 heterocycles. The van der Waals surface area contributed by atoms with Crippen LogP contribution in [0.25, 0.3) is 0 Å². The molecule has 1 fully saturated rings. The maximum absolute atomic E-state index is 13.1. The van der Waals surface area contributed by atoms with Gasteiger partial charge < -0.3 is 4.74 Å². The number of hydrogen-bond acceptors (Lipinski definition) is 3. The highest BCUT2D eigenvalue weighted by Crippen LogP contribution is 2.27. The molecule has 2 aromatic rings. The van der Waals surface area contributed by atoms with E-state index >= 15 is 0 Å². The molecule has 25 heavy (non-hydrogen) atoms. The molecule has 2 aromatic carbocycles. The van der Waals surface area contributed by atoms with Gasteiger partial charge in [-0.05, 0) is 43.5 Å². The summed E-state index contributed by atoms with van der Waals surface area (Å²) < 4.78 is 18.9. The fraction of sp³-hybridized carbons (Fsp3) is 0.381. The van der Waals surface area contributed by atoms with Gasteiger partial charge in [0, 0.05) is 19.6 Å². The first-order chi connectivity index (χ1) is 11.9.